The molecule has 3 heteroatoms. The Morgan fingerprint density at radius 2 is 0.797 bits per heavy atom. The lowest BCUT2D eigenvalue weighted by molar-refractivity contribution is 0.647. The summed E-state index contributed by atoms with van der Waals surface area (Å²) in [5.74, 6) is 0.947. The van der Waals surface area contributed by atoms with E-state index in [9.17, 15) is 0 Å². The van der Waals surface area contributed by atoms with Crippen LogP contribution >= 0.6 is 0 Å². The first-order chi connectivity index (χ1) is 28.7. The molecule has 0 N–H and O–H groups in total. The van der Waals surface area contributed by atoms with Crippen LogP contribution in [0.15, 0.2) is 176 Å². The molecule has 0 saturated carbocycles. The average Bonchev–Trinajstić information content (AvgIpc) is 3.24. The van der Waals surface area contributed by atoms with E-state index in [0.717, 1.165) is 63.5 Å². The van der Waals surface area contributed by atoms with Gasteiger partial charge in [0.2, 0.25) is 0 Å². The molecule has 6 aromatic carbocycles. The molecule has 0 bridgehead atoms. The van der Waals surface area contributed by atoms with Gasteiger partial charge in [-0.15, -0.1) is 0 Å². The summed E-state index contributed by atoms with van der Waals surface area (Å²) in [5, 5.41) is 0. The molecule has 59 heavy (non-hydrogen) atoms. The van der Waals surface area contributed by atoms with E-state index in [1.54, 1.807) is 0 Å². The second-order valence-corrected chi connectivity index (χ2v) is 16.7. The normalized spacial score (nSPS) is 11.3. The van der Waals surface area contributed by atoms with E-state index in [1.165, 1.54) is 44.5 Å². The molecule has 0 amide bonds. The van der Waals surface area contributed by atoms with Crippen LogP contribution in [-0.4, -0.2) is 9.97 Å². The monoisotopic (exact) mass is 767 g/mol. The van der Waals surface area contributed by atoms with Crippen LogP contribution in [0.4, 0.5) is 17.1 Å². The standard InChI is InChI=1S/C56H53N3/c1-38(2)26-42-28-47(54-34-52(40(5)36-57-54)45-20-12-8-13-21-45)32-49(30-42)59(56-25-17-16-24-51(56)44-18-10-7-11-19-44)50-31-43(27-39(3)4)29-48(33-50)55-35-53(41(6)37-58-55)46-22-14-9-15-23-46/h7-25,28-39H,26-27H2,1-6H3. The van der Waals surface area contributed by atoms with E-state index < -0.39 is 0 Å². The first kappa shape index (κ1) is 39.3. The van der Waals surface area contributed by atoms with Crippen molar-refractivity contribution < 1.29 is 0 Å². The van der Waals surface area contributed by atoms with E-state index >= 15 is 0 Å². The third-order valence-electron chi connectivity index (χ3n) is 11.0. The summed E-state index contributed by atoms with van der Waals surface area (Å²) in [5.41, 5.74) is 19.4. The maximum absolute atomic E-state index is 5.08. The van der Waals surface area contributed by atoms with Gasteiger partial charge in [0, 0.05) is 40.5 Å². The molecule has 0 atom stereocenters. The van der Waals surface area contributed by atoms with E-state index in [0.29, 0.717) is 11.8 Å². The molecule has 3 nitrogen and oxygen atoms in total. The second kappa shape index (κ2) is 17.5. The molecule has 0 saturated heterocycles. The summed E-state index contributed by atoms with van der Waals surface area (Å²) in [6.07, 6.45) is 5.94. The number of pyridine rings is 2. The molecule has 0 spiro atoms. The third kappa shape index (κ3) is 8.96. The van der Waals surface area contributed by atoms with Crippen molar-refractivity contribution in [3.05, 3.63) is 198 Å². The summed E-state index contributed by atoms with van der Waals surface area (Å²) in [4.78, 5) is 12.6. The van der Waals surface area contributed by atoms with Gasteiger partial charge >= 0.3 is 0 Å². The van der Waals surface area contributed by atoms with Gasteiger partial charge in [0.25, 0.3) is 0 Å². The van der Waals surface area contributed by atoms with Crippen molar-refractivity contribution in [1.29, 1.82) is 0 Å². The van der Waals surface area contributed by atoms with Crippen LogP contribution in [0.5, 0.6) is 0 Å². The van der Waals surface area contributed by atoms with Gasteiger partial charge in [0.1, 0.15) is 0 Å². The van der Waals surface area contributed by atoms with Crippen LogP contribution in [0.3, 0.4) is 0 Å². The van der Waals surface area contributed by atoms with Crippen LogP contribution < -0.4 is 4.90 Å². The Labute approximate surface area is 351 Å². The van der Waals surface area contributed by atoms with E-state index in [2.05, 4.69) is 210 Å². The molecular weight excluding hydrogens is 715 g/mol. The van der Waals surface area contributed by atoms with Gasteiger partial charge in [0.15, 0.2) is 0 Å². The predicted molar refractivity (Wildman–Crippen MR) is 250 cm³/mol. The molecular formula is C56H53N3. The summed E-state index contributed by atoms with van der Waals surface area (Å²) in [6.45, 7) is 13.5. The Kier molecular flexibility index (Phi) is 11.6. The number of hydrogen-bond donors (Lipinski definition) is 0. The summed E-state index contributed by atoms with van der Waals surface area (Å²) >= 11 is 0. The zero-order valence-electron chi connectivity index (χ0n) is 35.2. The molecule has 2 heterocycles. The maximum Gasteiger partial charge on any atom is 0.0709 e. The number of anilines is 3. The van der Waals surface area contributed by atoms with E-state index in [4.69, 9.17) is 9.97 Å². The molecule has 8 rings (SSSR count). The first-order valence-corrected chi connectivity index (χ1v) is 21.0. The Hall–Kier alpha value is -6.58. The Bertz CT molecular complexity index is 2530. The van der Waals surface area contributed by atoms with Crippen molar-refractivity contribution in [3.8, 4) is 55.9 Å². The van der Waals surface area contributed by atoms with Crippen LogP contribution in [-0.2, 0) is 12.8 Å². The van der Waals surface area contributed by atoms with Gasteiger partial charge in [-0.25, -0.2) is 0 Å². The van der Waals surface area contributed by atoms with Gasteiger partial charge in [0.05, 0.1) is 17.1 Å². The zero-order chi connectivity index (χ0) is 40.9. The summed E-state index contributed by atoms with van der Waals surface area (Å²) in [7, 11) is 0. The summed E-state index contributed by atoms with van der Waals surface area (Å²) in [6, 6.07) is 59.6. The number of nitrogens with zero attached hydrogens (tertiary/aromatic N) is 3. The van der Waals surface area contributed by atoms with Crippen LogP contribution in [0.2, 0.25) is 0 Å². The minimum absolute atomic E-state index is 0.474. The molecule has 0 aliphatic carbocycles. The molecule has 2 aromatic heterocycles. The SMILES string of the molecule is Cc1cnc(-c2cc(CC(C)C)cc(N(c3cc(CC(C)C)cc(-c4cc(-c5ccccc5)c(C)cn4)c3)c3ccccc3-c3ccccc3)c2)cc1-c1ccccc1. The predicted octanol–water partition coefficient (Wildman–Crippen LogP) is 15.3. The minimum Gasteiger partial charge on any atom is -0.310 e. The van der Waals surface area contributed by atoms with E-state index in [1.807, 2.05) is 12.4 Å². The molecule has 8 aromatic rings. The number of aryl methyl sites for hydroxylation is 2. The van der Waals surface area contributed by atoms with Crippen molar-refractivity contribution >= 4 is 17.1 Å². The van der Waals surface area contributed by atoms with Crippen molar-refractivity contribution in [2.45, 2.75) is 54.4 Å². The highest BCUT2D eigenvalue weighted by Crippen LogP contribution is 2.44. The van der Waals surface area contributed by atoms with Crippen molar-refractivity contribution in [2.24, 2.45) is 11.8 Å². The number of para-hydroxylation sites is 1. The lowest BCUT2D eigenvalue weighted by Gasteiger charge is -2.30. The van der Waals surface area contributed by atoms with Crippen molar-refractivity contribution in [3.63, 3.8) is 0 Å². The molecule has 0 aliphatic rings. The molecule has 292 valence electrons. The summed E-state index contributed by atoms with van der Waals surface area (Å²) < 4.78 is 0. The van der Waals surface area contributed by atoms with Gasteiger partial charge in [-0.05, 0) is 143 Å². The lowest BCUT2D eigenvalue weighted by Crippen LogP contribution is -2.13. The van der Waals surface area contributed by atoms with E-state index in [-0.39, 0.29) is 0 Å². The smallest absolute Gasteiger partial charge is 0.0709 e. The average molecular weight is 768 g/mol. The van der Waals surface area contributed by atoms with Crippen molar-refractivity contribution in [1.82, 2.24) is 9.97 Å². The van der Waals surface area contributed by atoms with Gasteiger partial charge in [-0.3, -0.25) is 9.97 Å². The second-order valence-electron chi connectivity index (χ2n) is 16.7. The zero-order valence-corrected chi connectivity index (χ0v) is 35.2. The Balaban J connectivity index is 1.38. The molecule has 0 unspecified atom stereocenters. The Morgan fingerprint density at radius 1 is 0.407 bits per heavy atom. The highest BCUT2D eigenvalue weighted by Gasteiger charge is 2.22. The highest BCUT2D eigenvalue weighted by atomic mass is 15.1. The number of hydrogen-bond acceptors (Lipinski definition) is 3. The van der Waals surface area contributed by atoms with Gasteiger partial charge in [-0.1, -0.05) is 137 Å². The fourth-order valence-electron chi connectivity index (χ4n) is 8.26. The topological polar surface area (TPSA) is 29.0 Å². The Morgan fingerprint density at radius 3 is 1.22 bits per heavy atom. The molecule has 0 radical (unpaired) electrons. The number of aromatic nitrogens is 2. The lowest BCUT2D eigenvalue weighted by atomic mass is 9.94. The highest BCUT2D eigenvalue weighted by molar-refractivity contribution is 5.90. The third-order valence-corrected chi connectivity index (χ3v) is 11.0. The molecule has 0 aliphatic heterocycles. The van der Waals surface area contributed by atoms with Crippen LogP contribution in [0, 0.1) is 25.7 Å². The quantitative estimate of drug-likeness (QED) is 0.124. The van der Waals surface area contributed by atoms with Crippen LogP contribution in [0.25, 0.3) is 55.9 Å². The largest absolute Gasteiger partial charge is 0.310 e. The van der Waals surface area contributed by atoms with Gasteiger partial charge < -0.3 is 4.90 Å². The van der Waals surface area contributed by atoms with Crippen molar-refractivity contribution in [2.75, 3.05) is 4.90 Å². The molecule has 0 fully saturated rings. The fourth-order valence-corrected chi connectivity index (χ4v) is 8.26. The minimum atomic E-state index is 0.474. The number of rotatable bonds is 12. The number of benzene rings is 6. The van der Waals surface area contributed by atoms with Crippen LogP contribution in [0.1, 0.15) is 49.9 Å². The fraction of sp³-hybridized carbons (Fsp3) is 0.179. The van der Waals surface area contributed by atoms with Gasteiger partial charge in [-0.2, -0.15) is 0 Å². The maximum atomic E-state index is 5.08. The first-order valence-electron chi connectivity index (χ1n) is 21.0.